The van der Waals surface area contributed by atoms with E-state index >= 15 is 0 Å². The lowest BCUT2D eigenvalue weighted by atomic mass is 9.94. The van der Waals surface area contributed by atoms with E-state index in [1.54, 1.807) is 42.5 Å². The Labute approximate surface area is 217 Å². The predicted octanol–water partition coefficient (Wildman–Crippen LogP) is 6.55. The summed E-state index contributed by atoms with van der Waals surface area (Å²) in [4.78, 5) is 29.6. The first kappa shape index (κ1) is 25.1. The molecule has 5 nitrogen and oxygen atoms in total. The van der Waals surface area contributed by atoms with Gasteiger partial charge in [0.25, 0.3) is 11.7 Å². The van der Waals surface area contributed by atoms with Crippen molar-refractivity contribution in [3.63, 3.8) is 0 Å². The second-order valence-electron chi connectivity index (χ2n) is 9.27. The second-order valence-corrected chi connectivity index (χ2v) is 9.27. The number of aliphatic hydroxyl groups is 1. The SMILES string of the molecule is CN(C)c1ccc(C2/C(=C(/O)c3ccc4ccccc4c3)C(=O)C(=O)N2c2cccc(C(F)(F)F)c2)cc1. The van der Waals surface area contributed by atoms with Crippen LogP contribution in [0, 0.1) is 0 Å². The van der Waals surface area contributed by atoms with Gasteiger partial charge < -0.3 is 10.0 Å². The van der Waals surface area contributed by atoms with E-state index < -0.39 is 35.2 Å². The predicted molar refractivity (Wildman–Crippen MR) is 141 cm³/mol. The molecule has 0 bridgehead atoms. The quantitative estimate of drug-likeness (QED) is 0.190. The van der Waals surface area contributed by atoms with Crippen molar-refractivity contribution in [2.75, 3.05) is 23.9 Å². The zero-order chi connectivity index (χ0) is 27.2. The van der Waals surface area contributed by atoms with E-state index in [0.29, 0.717) is 11.1 Å². The molecule has 0 aromatic heterocycles. The van der Waals surface area contributed by atoms with Crippen molar-refractivity contribution in [1.29, 1.82) is 0 Å². The Morgan fingerprint density at radius 2 is 1.53 bits per heavy atom. The fraction of sp³-hybridized carbons (Fsp3) is 0.133. The first-order valence-electron chi connectivity index (χ1n) is 11.8. The van der Waals surface area contributed by atoms with E-state index in [9.17, 15) is 27.9 Å². The number of hydrogen-bond acceptors (Lipinski definition) is 4. The molecule has 1 N–H and O–H groups in total. The molecule has 1 unspecified atom stereocenters. The lowest BCUT2D eigenvalue weighted by molar-refractivity contribution is -0.137. The summed E-state index contributed by atoms with van der Waals surface area (Å²) in [6.45, 7) is 0. The molecule has 0 saturated carbocycles. The number of ketones is 1. The number of fused-ring (bicyclic) bond motifs is 1. The lowest BCUT2D eigenvalue weighted by Gasteiger charge is -2.26. The van der Waals surface area contributed by atoms with Gasteiger partial charge in [-0.25, -0.2) is 0 Å². The summed E-state index contributed by atoms with van der Waals surface area (Å²) in [5.41, 5.74) is 0.393. The lowest BCUT2D eigenvalue weighted by Crippen LogP contribution is -2.29. The molecule has 5 rings (SSSR count). The number of alkyl halides is 3. The van der Waals surface area contributed by atoms with Gasteiger partial charge in [-0.2, -0.15) is 13.2 Å². The second kappa shape index (κ2) is 9.37. The van der Waals surface area contributed by atoms with Gasteiger partial charge in [0, 0.05) is 31.0 Å². The van der Waals surface area contributed by atoms with Crippen LogP contribution in [0.25, 0.3) is 16.5 Å². The number of aliphatic hydroxyl groups excluding tert-OH is 1. The van der Waals surface area contributed by atoms with Crippen LogP contribution in [0.2, 0.25) is 0 Å². The highest BCUT2D eigenvalue weighted by molar-refractivity contribution is 6.51. The van der Waals surface area contributed by atoms with Crippen molar-refractivity contribution in [1.82, 2.24) is 0 Å². The van der Waals surface area contributed by atoms with Crippen LogP contribution in [0.3, 0.4) is 0 Å². The van der Waals surface area contributed by atoms with Crippen LogP contribution in [-0.4, -0.2) is 30.9 Å². The Balaban J connectivity index is 1.72. The van der Waals surface area contributed by atoms with Crippen molar-refractivity contribution >= 4 is 39.6 Å². The highest BCUT2D eigenvalue weighted by atomic mass is 19.4. The molecule has 1 aliphatic heterocycles. The minimum Gasteiger partial charge on any atom is -0.507 e. The van der Waals surface area contributed by atoms with E-state index in [0.717, 1.165) is 33.5 Å². The Morgan fingerprint density at radius 3 is 2.18 bits per heavy atom. The maximum atomic E-state index is 13.5. The van der Waals surface area contributed by atoms with E-state index in [1.165, 1.54) is 12.1 Å². The molecule has 38 heavy (non-hydrogen) atoms. The van der Waals surface area contributed by atoms with Crippen molar-refractivity contribution < 1.29 is 27.9 Å². The van der Waals surface area contributed by atoms with Crippen molar-refractivity contribution in [3.05, 3.63) is 113 Å². The standard InChI is InChI=1S/C30H23F3N2O3/c1-34(2)23-14-12-19(13-15-23)26-25(27(36)21-11-10-18-6-3-4-7-20(18)16-21)28(37)29(38)35(26)24-9-5-8-22(17-24)30(31,32)33/h3-17,26,36H,1-2H3/b27-25-. The number of nitrogens with zero attached hydrogens (tertiary/aromatic N) is 2. The van der Waals surface area contributed by atoms with Gasteiger partial charge in [0.15, 0.2) is 0 Å². The Kier molecular flexibility index (Phi) is 6.18. The van der Waals surface area contributed by atoms with Crippen LogP contribution in [0.1, 0.15) is 22.7 Å². The molecule has 0 radical (unpaired) electrons. The minimum atomic E-state index is -4.64. The molecule has 1 heterocycles. The highest BCUT2D eigenvalue weighted by Gasteiger charge is 2.47. The molecule has 8 heteroatoms. The Hall–Kier alpha value is -4.59. The van der Waals surface area contributed by atoms with E-state index in [2.05, 4.69) is 0 Å². The van der Waals surface area contributed by atoms with Gasteiger partial charge in [0.05, 0.1) is 17.2 Å². The van der Waals surface area contributed by atoms with E-state index in [-0.39, 0.29) is 11.3 Å². The third kappa shape index (κ3) is 4.38. The molecular formula is C30H23F3N2O3. The Morgan fingerprint density at radius 1 is 0.842 bits per heavy atom. The number of hydrogen-bond donors (Lipinski definition) is 1. The number of anilines is 2. The van der Waals surface area contributed by atoms with Gasteiger partial charge in [0.1, 0.15) is 5.76 Å². The molecule has 4 aromatic rings. The van der Waals surface area contributed by atoms with Gasteiger partial charge in [0.2, 0.25) is 0 Å². The Bertz CT molecular complexity index is 1590. The largest absolute Gasteiger partial charge is 0.507 e. The van der Waals surface area contributed by atoms with Crippen molar-refractivity contribution in [2.24, 2.45) is 0 Å². The fourth-order valence-corrected chi connectivity index (χ4v) is 4.69. The number of benzene rings is 4. The maximum Gasteiger partial charge on any atom is 0.416 e. The highest BCUT2D eigenvalue weighted by Crippen LogP contribution is 2.44. The summed E-state index contributed by atoms with van der Waals surface area (Å²) in [6.07, 6.45) is -4.64. The topological polar surface area (TPSA) is 60.9 Å². The zero-order valence-corrected chi connectivity index (χ0v) is 20.5. The molecule has 1 aliphatic rings. The van der Waals surface area contributed by atoms with Gasteiger partial charge in [-0.05, 0) is 52.7 Å². The number of carbonyl (C=O) groups is 2. The van der Waals surface area contributed by atoms with Crippen LogP contribution in [-0.2, 0) is 15.8 Å². The van der Waals surface area contributed by atoms with Crippen LogP contribution in [0.5, 0.6) is 0 Å². The van der Waals surface area contributed by atoms with Gasteiger partial charge in [-0.3, -0.25) is 14.5 Å². The average molecular weight is 517 g/mol. The van der Waals surface area contributed by atoms with E-state index in [4.69, 9.17) is 0 Å². The normalized spacial score (nSPS) is 17.3. The molecule has 1 saturated heterocycles. The van der Waals surface area contributed by atoms with Gasteiger partial charge in [-0.1, -0.05) is 54.6 Å². The van der Waals surface area contributed by atoms with Crippen molar-refractivity contribution in [3.8, 4) is 0 Å². The number of carbonyl (C=O) groups excluding carboxylic acids is 2. The number of amides is 1. The summed E-state index contributed by atoms with van der Waals surface area (Å²) in [7, 11) is 3.70. The minimum absolute atomic E-state index is 0.0961. The van der Waals surface area contributed by atoms with Crippen LogP contribution >= 0.6 is 0 Å². The summed E-state index contributed by atoms with van der Waals surface area (Å²) in [5.74, 6) is -2.40. The summed E-state index contributed by atoms with van der Waals surface area (Å²) >= 11 is 0. The monoisotopic (exact) mass is 516 g/mol. The molecule has 192 valence electrons. The van der Waals surface area contributed by atoms with E-state index in [1.807, 2.05) is 43.3 Å². The summed E-state index contributed by atoms with van der Waals surface area (Å²) in [6, 6.07) is 22.7. The summed E-state index contributed by atoms with van der Waals surface area (Å²) < 4.78 is 40.5. The fourth-order valence-electron chi connectivity index (χ4n) is 4.69. The molecule has 1 atom stereocenters. The molecule has 1 amide bonds. The third-order valence-electron chi connectivity index (χ3n) is 6.64. The third-order valence-corrected chi connectivity index (χ3v) is 6.64. The number of rotatable bonds is 4. The molecule has 4 aromatic carbocycles. The zero-order valence-electron chi connectivity index (χ0n) is 20.5. The molecule has 0 spiro atoms. The van der Waals surface area contributed by atoms with Crippen molar-refractivity contribution in [2.45, 2.75) is 12.2 Å². The molecule has 0 aliphatic carbocycles. The first-order chi connectivity index (χ1) is 18.1. The van der Waals surface area contributed by atoms with Crippen LogP contribution < -0.4 is 9.80 Å². The smallest absolute Gasteiger partial charge is 0.416 e. The number of halogens is 3. The average Bonchev–Trinajstić information content (AvgIpc) is 3.17. The number of Topliss-reactive ketones (excluding diaryl/α,β-unsaturated/α-hetero) is 1. The molecule has 1 fully saturated rings. The maximum absolute atomic E-state index is 13.5. The molecular weight excluding hydrogens is 493 g/mol. The first-order valence-corrected chi connectivity index (χ1v) is 11.8. The van der Waals surface area contributed by atoms with Gasteiger partial charge >= 0.3 is 6.18 Å². The van der Waals surface area contributed by atoms with Crippen LogP contribution in [0.15, 0.2) is 96.6 Å². The van der Waals surface area contributed by atoms with Gasteiger partial charge in [-0.15, -0.1) is 0 Å². The van der Waals surface area contributed by atoms with Crippen LogP contribution in [0.4, 0.5) is 24.5 Å². The summed E-state index contributed by atoms with van der Waals surface area (Å²) in [5, 5.41) is 13.1.